The van der Waals surface area contributed by atoms with Crippen molar-refractivity contribution in [2.45, 2.75) is 58.6 Å². The molecule has 136 valence electrons. The first-order chi connectivity index (χ1) is 13.3. The number of hydrogen-bond donors (Lipinski definition) is 0. The molecule has 3 saturated carbocycles. The summed E-state index contributed by atoms with van der Waals surface area (Å²) in [7, 11) is -0.0335. The molecule has 3 fully saturated rings. The Labute approximate surface area is 166 Å². The lowest BCUT2D eigenvalue weighted by atomic mass is 9.58. The first-order valence-electron chi connectivity index (χ1n) is 10.3. The molecule has 0 heterocycles. The standard InChI is InChI=1S/C26H27S/c1-3-7-23(8-4-1)27(24-9-5-2-6-10-24)25-13-11-22(12-14-25)26-18-15-21(16-19-26)17-20-26/h1-14,21H,15-20H2/q+1. The van der Waals surface area contributed by atoms with Crippen molar-refractivity contribution in [3.63, 3.8) is 0 Å². The third-order valence-electron chi connectivity index (χ3n) is 6.75. The van der Waals surface area contributed by atoms with Gasteiger partial charge in [-0.15, -0.1) is 0 Å². The summed E-state index contributed by atoms with van der Waals surface area (Å²) in [6.07, 6.45) is 8.54. The van der Waals surface area contributed by atoms with Gasteiger partial charge in [-0.25, -0.2) is 0 Å². The van der Waals surface area contributed by atoms with Crippen LogP contribution in [0, 0.1) is 5.92 Å². The summed E-state index contributed by atoms with van der Waals surface area (Å²) in [6, 6.07) is 31.7. The fraction of sp³-hybridized carbons (Fsp3) is 0.308. The third-order valence-corrected chi connectivity index (χ3v) is 8.98. The second kappa shape index (κ2) is 7.20. The fourth-order valence-electron chi connectivity index (χ4n) is 5.15. The van der Waals surface area contributed by atoms with Gasteiger partial charge >= 0.3 is 0 Å². The summed E-state index contributed by atoms with van der Waals surface area (Å²) in [6.45, 7) is 0. The van der Waals surface area contributed by atoms with Gasteiger partial charge in [0.1, 0.15) is 0 Å². The molecular formula is C26H27S+. The first kappa shape index (κ1) is 17.1. The number of fused-ring (bicyclic) bond motifs is 3. The number of benzene rings is 3. The van der Waals surface area contributed by atoms with E-state index < -0.39 is 0 Å². The monoisotopic (exact) mass is 371 g/mol. The zero-order chi connectivity index (χ0) is 18.1. The van der Waals surface area contributed by atoms with Crippen LogP contribution in [0.4, 0.5) is 0 Å². The molecule has 0 radical (unpaired) electrons. The van der Waals surface area contributed by atoms with E-state index in [4.69, 9.17) is 0 Å². The van der Waals surface area contributed by atoms with Gasteiger partial charge in [-0.05, 0) is 91.8 Å². The normalized spacial score (nSPS) is 24.3. The zero-order valence-electron chi connectivity index (χ0n) is 15.8. The van der Waals surface area contributed by atoms with Crippen LogP contribution in [-0.4, -0.2) is 0 Å². The van der Waals surface area contributed by atoms with E-state index in [0.29, 0.717) is 5.41 Å². The highest BCUT2D eigenvalue weighted by atomic mass is 32.2. The molecular weight excluding hydrogens is 344 g/mol. The van der Waals surface area contributed by atoms with Crippen LogP contribution in [0.25, 0.3) is 0 Å². The van der Waals surface area contributed by atoms with Crippen molar-refractivity contribution in [1.29, 1.82) is 0 Å². The highest BCUT2D eigenvalue weighted by molar-refractivity contribution is 7.97. The lowest BCUT2D eigenvalue weighted by Crippen LogP contribution is -2.37. The Hall–Kier alpha value is -1.99. The zero-order valence-corrected chi connectivity index (χ0v) is 16.6. The third kappa shape index (κ3) is 3.23. The van der Waals surface area contributed by atoms with Gasteiger partial charge in [0.15, 0.2) is 14.7 Å². The van der Waals surface area contributed by atoms with Crippen LogP contribution in [0.15, 0.2) is 99.6 Å². The summed E-state index contributed by atoms with van der Waals surface area (Å²) < 4.78 is 0. The molecule has 3 aliphatic rings. The van der Waals surface area contributed by atoms with E-state index in [-0.39, 0.29) is 10.9 Å². The molecule has 0 amide bonds. The van der Waals surface area contributed by atoms with E-state index in [0.717, 1.165) is 5.92 Å². The van der Waals surface area contributed by atoms with Crippen LogP contribution in [-0.2, 0) is 16.3 Å². The van der Waals surface area contributed by atoms with E-state index in [1.807, 2.05) is 0 Å². The molecule has 2 bridgehead atoms. The molecule has 0 N–H and O–H groups in total. The van der Waals surface area contributed by atoms with Crippen LogP contribution in [0.3, 0.4) is 0 Å². The molecule has 0 aromatic heterocycles. The van der Waals surface area contributed by atoms with Gasteiger partial charge in [-0.3, -0.25) is 0 Å². The van der Waals surface area contributed by atoms with Gasteiger partial charge in [0, 0.05) is 0 Å². The Balaban J connectivity index is 1.51. The smallest absolute Gasteiger partial charge is 0.0619 e. The molecule has 0 atom stereocenters. The van der Waals surface area contributed by atoms with Gasteiger partial charge in [0.2, 0.25) is 0 Å². The van der Waals surface area contributed by atoms with Crippen LogP contribution >= 0.6 is 0 Å². The average molecular weight is 372 g/mol. The second-order valence-electron chi connectivity index (χ2n) is 8.22. The fourth-order valence-corrected chi connectivity index (χ4v) is 7.23. The molecule has 3 aliphatic carbocycles. The Morgan fingerprint density at radius 3 is 1.48 bits per heavy atom. The van der Waals surface area contributed by atoms with Crippen molar-refractivity contribution in [2.75, 3.05) is 0 Å². The highest BCUT2D eigenvalue weighted by Gasteiger charge is 2.41. The predicted octanol–water partition coefficient (Wildman–Crippen LogP) is 7.00. The maximum absolute atomic E-state index is 2.45. The molecule has 27 heavy (non-hydrogen) atoms. The van der Waals surface area contributed by atoms with Gasteiger partial charge in [-0.2, -0.15) is 0 Å². The SMILES string of the molecule is c1ccc([S+](c2ccccc2)c2ccc(C34CCC(CC3)CC4)cc2)cc1. The van der Waals surface area contributed by atoms with Crippen molar-refractivity contribution in [1.82, 2.24) is 0 Å². The summed E-state index contributed by atoms with van der Waals surface area (Å²) >= 11 is 0. The molecule has 0 aliphatic heterocycles. The Morgan fingerprint density at radius 1 is 0.556 bits per heavy atom. The van der Waals surface area contributed by atoms with Crippen LogP contribution < -0.4 is 0 Å². The van der Waals surface area contributed by atoms with Crippen LogP contribution in [0.5, 0.6) is 0 Å². The molecule has 0 nitrogen and oxygen atoms in total. The maximum atomic E-state index is 2.45. The summed E-state index contributed by atoms with van der Waals surface area (Å²) in [5.74, 6) is 1.02. The van der Waals surface area contributed by atoms with E-state index in [9.17, 15) is 0 Å². The summed E-state index contributed by atoms with van der Waals surface area (Å²) in [4.78, 5) is 4.22. The van der Waals surface area contributed by atoms with Gasteiger partial charge in [0.05, 0.1) is 10.9 Å². The van der Waals surface area contributed by atoms with E-state index in [2.05, 4.69) is 84.9 Å². The Kier molecular flexibility index (Phi) is 4.57. The summed E-state index contributed by atoms with van der Waals surface area (Å²) in [5.41, 5.74) is 2.07. The number of hydrogen-bond acceptors (Lipinski definition) is 0. The molecule has 0 unspecified atom stereocenters. The lowest BCUT2D eigenvalue weighted by molar-refractivity contribution is 0.136. The van der Waals surface area contributed by atoms with Crippen LogP contribution in [0.2, 0.25) is 0 Å². The first-order valence-corrected chi connectivity index (χ1v) is 11.5. The Morgan fingerprint density at radius 2 is 1.00 bits per heavy atom. The minimum atomic E-state index is -0.0335. The van der Waals surface area contributed by atoms with Crippen molar-refractivity contribution < 1.29 is 0 Å². The second-order valence-corrected chi connectivity index (χ2v) is 10.2. The summed E-state index contributed by atoms with van der Waals surface area (Å²) in [5, 5.41) is 0. The van der Waals surface area contributed by atoms with E-state index in [1.54, 1.807) is 5.56 Å². The van der Waals surface area contributed by atoms with E-state index in [1.165, 1.54) is 53.2 Å². The topological polar surface area (TPSA) is 0 Å². The van der Waals surface area contributed by atoms with Crippen molar-refractivity contribution in [3.05, 3.63) is 90.5 Å². The molecule has 3 aromatic carbocycles. The van der Waals surface area contributed by atoms with Gasteiger partial charge < -0.3 is 0 Å². The average Bonchev–Trinajstić information content (AvgIpc) is 2.77. The quantitative estimate of drug-likeness (QED) is 0.433. The largest absolute Gasteiger partial charge is 0.166 e. The van der Waals surface area contributed by atoms with Crippen LogP contribution in [0.1, 0.15) is 44.1 Å². The van der Waals surface area contributed by atoms with Gasteiger partial charge in [-0.1, -0.05) is 48.5 Å². The van der Waals surface area contributed by atoms with Crippen molar-refractivity contribution in [2.24, 2.45) is 5.92 Å². The lowest BCUT2D eigenvalue weighted by Gasteiger charge is -2.47. The highest BCUT2D eigenvalue weighted by Crippen LogP contribution is 2.51. The molecule has 6 rings (SSSR count). The van der Waals surface area contributed by atoms with Crippen molar-refractivity contribution >= 4 is 10.9 Å². The number of rotatable bonds is 4. The molecule has 1 heteroatoms. The Bertz CT molecular complexity index is 821. The molecule has 0 spiro atoms. The van der Waals surface area contributed by atoms with Gasteiger partial charge in [0.25, 0.3) is 0 Å². The van der Waals surface area contributed by atoms with E-state index >= 15 is 0 Å². The predicted molar refractivity (Wildman–Crippen MR) is 114 cm³/mol. The minimum Gasteiger partial charge on any atom is -0.0619 e. The molecule has 3 aromatic rings. The maximum Gasteiger partial charge on any atom is 0.166 e. The minimum absolute atomic E-state index is 0.0335. The van der Waals surface area contributed by atoms with Crippen molar-refractivity contribution in [3.8, 4) is 0 Å². The molecule has 0 saturated heterocycles.